The summed E-state index contributed by atoms with van der Waals surface area (Å²) in [5, 5.41) is 5.65. The number of methoxy groups -OCH3 is 2. The van der Waals surface area contributed by atoms with E-state index < -0.39 is 17.7 Å². The van der Waals surface area contributed by atoms with E-state index in [0.717, 1.165) is 4.90 Å². The van der Waals surface area contributed by atoms with Gasteiger partial charge in [0.05, 0.1) is 25.6 Å². The Morgan fingerprint density at radius 2 is 1.60 bits per heavy atom. The first kappa shape index (κ1) is 24.1. The van der Waals surface area contributed by atoms with Crippen molar-refractivity contribution in [3.63, 3.8) is 0 Å². The van der Waals surface area contributed by atoms with Crippen LogP contribution in [0.2, 0.25) is 5.02 Å². The highest BCUT2D eigenvalue weighted by Crippen LogP contribution is 2.37. The van der Waals surface area contributed by atoms with Gasteiger partial charge in [0.15, 0.2) is 0 Å². The van der Waals surface area contributed by atoms with Gasteiger partial charge in [-0.25, -0.2) is 4.90 Å². The van der Waals surface area contributed by atoms with E-state index >= 15 is 0 Å². The number of halogens is 2. The van der Waals surface area contributed by atoms with Crippen LogP contribution in [0.1, 0.15) is 10.4 Å². The van der Waals surface area contributed by atoms with E-state index in [0.29, 0.717) is 27.7 Å². The third-order valence-electron chi connectivity index (χ3n) is 5.16. The first-order valence-electron chi connectivity index (χ1n) is 10.3. The van der Waals surface area contributed by atoms with Crippen LogP contribution >= 0.6 is 23.2 Å². The van der Waals surface area contributed by atoms with Gasteiger partial charge in [-0.05, 0) is 48.5 Å². The quantitative estimate of drug-likeness (QED) is 0.431. The molecule has 1 heterocycles. The predicted octanol–water partition coefficient (Wildman–Crippen LogP) is 5.05. The molecule has 8 nitrogen and oxygen atoms in total. The Bertz CT molecular complexity index is 1370. The summed E-state index contributed by atoms with van der Waals surface area (Å²) in [6.07, 6.45) is 0. The van der Waals surface area contributed by atoms with Crippen LogP contribution in [-0.4, -0.2) is 31.9 Å². The van der Waals surface area contributed by atoms with E-state index in [-0.39, 0.29) is 22.2 Å². The van der Waals surface area contributed by atoms with Gasteiger partial charge >= 0.3 is 0 Å². The van der Waals surface area contributed by atoms with Crippen LogP contribution in [0.3, 0.4) is 0 Å². The van der Waals surface area contributed by atoms with Gasteiger partial charge in [-0.2, -0.15) is 0 Å². The average molecular weight is 512 g/mol. The van der Waals surface area contributed by atoms with Crippen molar-refractivity contribution in [1.82, 2.24) is 0 Å². The first-order chi connectivity index (χ1) is 16.8. The highest BCUT2D eigenvalue weighted by atomic mass is 35.5. The van der Waals surface area contributed by atoms with Crippen molar-refractivity contribution in [2.24, 2.45) is 0 Å². The van der Waals surface area contributed by atoms with Crippen LogP contribution in [0.5, 0.6) is 11.5 Å². The minimum Gasteiger partial charge on any atom is -0.495 e. The fourth-order valence-electron chi connectivity index (χ4n) is 3.49. The number of carbonyl (C=O) groups excluding carboxylic acids is 3. The minimum absolute atomic E-state index is 0.138. The Morgan fingerprint density at radius 3 is 2.34 bits per heavy atom. The fourth-order valence-corrected chi connectivity index (χ4v) is 3.87. The topological polar surface area (TPSA) is 97.0 Å². The largest absolute Gasteiger partial charge is 0.495 e. The maximum absolute atomic E-state index is 13.1. The standard InChI is InChI=1S/C25H19Cl2N3O5/c1-34-19-9-4-3-8-17(19)29-23(31)14-6-5-7-16(12-14)28-22-21(27)24(32)30(25(22)33)18-13-15(26)10-11-20(18)35-2/h3-13,28H,1-2H3,(H,29,31). The number of nitrogens with one attached hydrogen (secondary N) is 2. The number of carbonyl (C=O) groups is 3. The molecule has 0 bridgehead atoms. The molecule has 35 heavy (non-hydrogen) atoms. The van der Waals surface area contributed by atoms with Gasteiger partial charge in [0, 0.05) is 16.3 Å². The average Bonchev–Trinajstić information content (AvgIpc) is 3.07. The molecule has 3 aromatic rings. The maximum Gasteiger partial charge on any atom is 0.283 e. The number of benzene rings is 3. The Hall–Kier alpha value is -4.01. The van der Waals surface area contributed by atoms with Gasteiger partial charge in [0.2, 0.25) is 0 Å². The van der Waals surface area contributed by atoms with Gasteiger partial charge < -0.3 is 20.1 Å². The molecule has 3 aromatic carbocycles. The van der Waals surface area contributed by atoms with Gasteiger partial charge in [0.25, 0.3) is 17.7 Å². The molecule has 1 aliphatic heterocycles. The zero-order chi connectivity index (χ0) is 25.1. The molecule has 0 fully saturated rings. The number of amides is 3. The van der Waals surface area contributed by atoms with Crippen LogP contribution in [0.25, 0.3) is 0 Å². The Morgan fingerprint density at radius 1 is 0.857 bits per heavy atom. The smallest absolute Gasteiger partial charge is 0.283 e. The molecule has 0 saturated carbocycles. The van der Waals surface area contributed by atoms with E-state index in [9.17, 15) is 14.4 Å². The summed E-state index contributed by atoms with van der Waals surface area (Å²) < 4.78 is 10.5. The lowest BCUT2D eigenvalue weighted by atomic mass is 10.1. The summed E-state index contributed by atoms with van der Waals surface area (Å²) in [6.45, 7) is 0. The van der Waals surface area contributed by atoms with Crippen LogP contribution in [0.15, 0.2) is 77.5 Å². The molecule has 1 aliphatic rings. The van der Waals surface area contributed by atoms with E-state index in [2.05, 4.69) is 10.6 Å². The lowest BCUT2D eigenvalue weighted by Crippen LogP contribution is -2.32. The van der Waals surface area contributed by atoms with Crippen molar-refractivity contribution in [1.29, 1.82) is 0 Å². The van der Waals surface area contributed by atoms with Crippen molar-refractivity contribution in [2.45, 2.75) is 0 Å². The lowest BCUT2D eigenvalue weighted by Gasteiger charge is -2.18. The number of para-hydroxylation sites is 2. The molecule has 10 heteroatoms. The molecule has 178 valence electrons. The normalized spacial score (nSPS) is 13.2. The zero-order valence-corrected chi connectivity index (χ0v) is 20.1. The fraction of sp³-hybridized carbons (Fsp3) is 0.0800. The third-order valence-corrected chi connectivity index (χ3v) is 5.74. The number of ether oxygens (including phenoxy) is 2. The second kappa shape index (κ2) is 10.1. The summed E-state index contributed by atoms with van der Waals surface area (Å²) in [7, 11) is 2.92. The zero-order valence-electron chi connectivity index (χ0n) is 18.6. The van der Waals surface area contributed by atoms with Crippen molar-refractivity contribution >= 4 is 58.0 Å². The molecule has 0 spiro atoms. The van der Waals surface area contributed by atoms with E-state index in [1.165, 1.54) is 26.4 Å². The van der Waals surface area contributed by atoms with E-state index in [1.807, 2.05) is 0 Å². The summed E-state index contributed by atoms with van der Waals surface area (Å²) in [6, 6.07) is 18.0. The SMILES string of the molecule is COc1ccccc1NC(=O)c1cccc(NC2=C(Cl)C(=O)N(c3cc(Cl)ccc3OC)C2=O)c1. The lowest BCUT2D eigenvalue weighted by molar-refractivity contribution is -0.120. The summed E-state index contributed by atoms with van der Waals surface area (Å²) in [5.41, 5.74) is 1.22. The molecule has 2 N–H and O–H groups in total. The molecule has 0 unspecified atom stereocenters. The van der Waals surface area contributed by atoms with Crippen LogP contribution < -0.4 is 25.0 Å². The Balaban J connectivity index is 1.57. The monoisotopic (exact) mass is 511 g/mol. The van der Waals surface area contributed by atoms with Crippen molar-refractivity contribution < 1.29 is 23.9 Å². The highest BCUT2D eigenvalue weighted by Gasteiger charge is 2.40. The van der Waals surface area contributed by atoms with Crippen LogP contribution in [0, 0.1) is 0 Å². The number of rotatable bonds is 7. The third kappa shape index (κ3) is 4.80. The number of hydrogen-bond donors (Lipinski definition) is 2. The van der Waals surface area contributed by atoms with Crippen LogP contribution in [-0.2, 0) is 9.59 Å². The Kier molecular flexibility index (Phi) is 6.95. The predicted molar refractivity (Wildman–Crippen MR) is 134 cm³/mol. The summed E-state index contributed by atoms with van der Waals surface area (Å²) >= 11 is 12.3. The number of nitrogens with zero attached hydrogens (tertiary/aromatic N) is 1. The van der Waals surface area contributed by atoms with E-state index in [1.54, 1.807) is 54.6 Å². The maximum atomic E-state index is 13.1. The molecular weight excluding hydrogens is 493 g/mol. The first-order valence-corrected chi connectivity index (χ1v) is 11.0. The van der Waals surface area contributed by atoms with Gasteiger partial charge in [0.1, 0.15) is 22.2 Å². The van der Waals surface area contributed by atoms with Gasteiger partial charge in [-0.15, -0.1) is 0 Å². The molecule has 3 amide bonds. The summed E-state index contributed by atoms with van der Waals surface area (Å²) in [4.78, 5) is 39.7. The molecule has 0 radical (unpaired) electrons. The number of hydrogen-bond acceptors (Lipinski definition) is 6. The minimum atomic E-state index is -0.732. The molecule has 0 aromatic heterocycles. The van der Waals surface area contributed by atoms with Crippen molar-refractivity contribution in [3.05, 3.63) is 88.0 Å². The molecular formula is C25H19Cl2N3O5. The van der Waals surface area contributed by atoms with E-state index in [4.69, 9.17) is 32.7 Å². The number of anilines is 3. The highest BCUT2D eigenvalue weighted by molar-refractivity contribution is 6.53. The molecule has 0 saturated heterocycles. The van der Waals surface area contributed by atoms with Gasteiger partial charge in [-0.1, -0.05) is 41.4 Å². The van der Waals surface area contributed by atoms with Crippen molar-refractivity contribution in [3.8, 4) is 11.5 Å². The molecule has 0 aliphatic carbocycles. The Labute approximate surface area is 211 Å². The van der Waals surface area contributed by atoms with Crippen molar-refractivity contribution in [2.75, 3.05) is 29.8 Å². The molecule has 4 rings (SSSR count). The van der Waals surface area contributed by atoms with Crippen LogP contribution in [0.4, 0.5) is 17.1 Å². The second-order valence-corrected chi connectivity index (χ2v) is 8.13. The van der Waals surface area contributed by atoms with Gasteiger partial charge in [-0.3, -0.25) is 14.4 Å². The summed E-state index contributed by atoms with van der Waals surface area (Å²) in [5.74, 6) is -1.03. The molecule has 0 atom stereocenters. The second-order valence-electron chi connectivity index (χ2n) is 7.31. The number of imide groups is 1.